The topological polar surface area (TPSA) is 57.6 Å². The summed E-state index contributed by atoms with van der Waals surface area (Å²) >= 11 is 6.24. The van der Waals surface area contributed by atoms with Crippen LogP contribution in [-0.2, 0) is 9.59 Å². The van der Waals surface area contributed by atoms with Crippen molar-refractivity contribution >= 4 is 29.0 Å². The normalized spacial score (nSPS) is 21.4. The SMILES string of the molecule is Cc1ccc(Cl)cc1N1C(=O)CC(c2ccc(O)cc2)C2=C1CC(C)(C)CC2=O. The van der Waals surface area contributed by atoms with Crippen LogP contribution in [0.4, 0.5) is 5.69 Å². The lowest BCUT2D eigenvalue weighted by Crippen LogP contribution is -2.44. The molecule has 0 aromatic heterocycles. The molecule has 2 aliphatic rings. The molecule has 1 heterocycles. The van der Waals surface area contributed by atoms with Crippen molar-refractivity contribution in [2.45, 2.75) is 46.0 Å². The predicted molar refractivity (Wildman–Crippen MR) is 114 cm³/mol. The smallest absolute Gasteiger partial charge is 0.232 e. The molecule has 2 aromatic carbocycles. The molecular formula is C24H24ClNO3. The van der Waals surface area contributed by atoms with E-state index in [2.05, 4.69) is 13.8 Å². The highest BCUT2D eigenvalue weighted by Gasteiger charge is 2.44. The molecule has 4 rings (SSSR count). The van der Waals surface area contributed by atoms with Gasteiger partial charge in [0.15, 0.2) is 5.78 Å². The number of carbonyl (C=O) groups excluding carboxylic acids is 2. The third kappa shape index (κ3) is 3.58. The van der Waals surface area contributed by atoms with Crippen LogP contribution in [0, 0.1) is 12.3 Å². The number of phenolic OH excluding ortho intramolecular Hbond substituents is 1. The molecule has 2 aromatic rings. The predicted octanol–water partition coefficient (Wildman–Crippen LogP) is 5.52. The van der Waals surface area contributed by atoms with E-state index in [1.807, 2.05) is 13.0 Å². The number of phenols is 1. The number of aromatic hydroxyl groups is 1. The first-order valence-corrected chi connectivity index (χ1v) is 10.2. The Hall–Kier alpha value is -2.59. The van der Waals surface area contributed by atoms with Gasteiger partial charge in [-0.25, -0.2) is 0 Å². The van der Waals surface area contributed by atoms with Crippen LogP contribution < -0.4 is 4.90 Å². The van der Waals surface area contributed by atoms with Crippen LogP contribution in [0.1, 0.15) is 50.2 Å². The number of amides is 1. The Kier molecular flexibility index (Phi) is 4.78. The molecule has 4 nitrogen and oxygen atoms in total. The van der Waals surface area contributed by atoms with Crippen molar-refractivity contribution in [3.8, 4) is 5.75 Å². The lowest BCUT2D eigenvalue weighted by Gasteiger charge is -2.43. The van der Waals surface area contributed by atoms with Gasteiger partial charge >= 0.3 is 0 Å². The third-order valence-corrected chi connectivity index (χ3v) is 6.09. The Balaban J connectivity index is 1.92. The van der Waals surface area contributed by atoms with E-state index in [1.54, 1.807) is 41.3 Å². The van der Waals surface area contributed by atoms with Crippen molar-refractivity contribution in [2.75, 3.05) is 4.90 Å². The Labute approximate surface area is 175 Å². The third-order valence-electron chi connectivity index (χ3n) is 5.85. The molecular weight excluding hydrogens is 386 g/mol. The number of allylic oxidation sites excluding steroid dienone is 2. The minimum absolute atomic E-state index is 0.0438. The van der Waals surface area contributed by atoms with Crippen molar-refractivity contribution in [3.05, 3.63) is 69.9 Å². The molecule has 29 heavy (non-hydrogen) atoms. The van der Waals surface area contributed by atoms with Gasteiger partial charge in [0.1, 0.15) is 5.75 Å². The van der Waals surface area contributed by atoms with E-state index in [0.29, 0.717) is 23.4 Å². The first-order valence-electron chi connectivity index (χ1n) is 9.80. The van der Waals surface area contributed by atoms with Crippen molar-refractivity contribution in [1.29, 1.82) is 0 Å². The van der Waals surface area contributed by atoms with Gasteiger partial charge in [0, 0.05) is 35.1 Å². The second kappa shape index (κ2) is 7.03. The highest BCUT2D eigenvalue weighted by atomic mass is 35.5. The quantitative estimate of drug-likeness (QED) is 0.710. The minimum Gasteiger partial charge on any atom is -0.508 e. The van der Waals surface area contributed by atoms with E-state index < -0.39 is 0 Å². The number of anilines is 1. The molecule has 5 heteroatoms. The standard InChI is InChI=1S/C24H24ClNO3/c1-14-4-7-16(25)10-19(14)26-20-12-24(2,3)13-21(28)23(20)18(11-22(26)29)15-5-8-17(27)9-6-15/h4-10,18,27H,11-13H2,1-3H3. The van der Waals surface area contributed by atoms with Crippen LogP contribution in [-0.4, -0.2) is 16.8 Å². The minimum atomic E-state index is -0.294. The number of rotatable bonds is 2. The lowest BCUT2D eigenvalue weighted by atomic mass is 9.69. The maximum atomic E-state index is 13.4. The number of halogens is 1. The largest absolute Gasteiger partial charge is 0.508 e. The maximum absolute atomic E-state index is 13.4. The second-order valence-electron chi connectivity index (χ2n) is 8.81. The average molecular weight is 410 g/mol. The molecule has 0 radical (unpaired) electrons. The number of carbonyl (C=O) groups is 2. The van der Waals surface area contributed by atoms with Crippen molar-refractivity contribution in [3.63, 3.8) is 0 Å². The molecule has 0 saturated carbocycles. The monoisotopic (exact) mass is 409 g/mol. The fourth-order valence-electron chi connectivity index (χ4n) is 4.51. The zero-order chi connectivity index (χ0) is 20.9. The highest BCUT2D eigenvalue weighted by molar-refractivity contribution is 6.31. The molecule has 150 valence electrons. The van der Waals surface area contributed by atoms with Gasteiger partial charge in [0.25, 0.3) is 0 Å². The van der Waals surface area contributed by atoms with Gasteiger partial charge in [-0.05, 0) is 54.2 Å². The van der Waals surface area contributed by atoms with Crippen molar-refractivity contribution < 1.29 is 14.7 Å². The van der Waals surface area contributed by atoms with Gasteiger partial charge in [0.05, 0.1) is 5.69 Å². The molecule has 0 fully saturated rings. The van der Waals surface area contributed by atoms with Crippen LogP contribution >= 0.6 is 11.6 Å². The number of hydrogen-bond acceptors (Lipinski definition) is 3. The summed E-state index contributed by atoms with van der Waals surface area (Å²) in [6.07, 6.45) is 1.30. The Morgan fingerprint density at radius 2 is 1.76 bits per heavy atom. The van der Waals surface area contributed by atoms with Crippen molar-refractivity contribution in [1.82, 2.24) is 0 Å². The van der Waals surface area contributed by atoms with Gasteiger partial charge in [-0.1, -0.05) is 43.6 Å². The number of nitrogens with zero attached hydrogens (tertiary/aromatic N) is 1. The molecule has 1 atom stereocenters. The number of ketones is 1. The van der Waals surface area contributed by atoms with E-state index in [1.165, 1.54) is 0 Å². The fraction of sp³-hybridized carbons (Fsp3) is 0.333. The second-order valence-corrected chi connectivity index (χ2v) is 9.25. The molecule has 0 bridgehead atoms. The van der Waals surface area contributed by atoms with Gasteiger partial charge < -0.3 is 5.11 Å². The summed E-state index contributed by atoms with van der Waals surface area (Å²) < 4.78 is 0. The Morgan fingerprint density at radius 3 is 2.45 bits per heavy atom. The zero-order valence-corrected chi connectivity index (χ0v) is 17.6. The Bertz CT molecular complexity index is 1040. The van der Waals surface area contributed by atoms with Gasteiger partial charge in [-0.2, -0.15) is 0 Å². The number of hydrogen-bond donors (Lipinski definition) is 1. The molecule has 0 saturated heterocycles. The summed E-state index contributed by atoms with van der Waals surface area (Å²) in [6.45, 7) is 6.07. The molecule has 1 unspecified atom stereocenters. The number of benzene rings is 2. The maximum Gasteiger partial charge on any atom is 0.232 e. The van der Waals surface area contributed by atoms with Crippen LogP contribution in [0.3, 0.4) is 0 Å². The zero-order valence-electron chi connectivity index (χ0n) is 16.8. The average Bonchev–Trinajstić information content (AvgIpc) is 2.63. The summed E-state index contributed by atoms with van der Waals surface area (Å²) in [6, 6.07) is 12.3. The van der Waals surface area contributed by atoms with Crippen LogP contribution in [0.2, 0.25) is 5.02 Å². The molecule has 1 aliphatic carbocycles. The summed E-state index contributed by atoms with van der Waals surface area (Å²) in [5.74, 6) is -0.0843. The molecule has 0 spiro atoms. The van der Waals surface area contributed by atoms with Gasteiger partial charge in [-0.3, -0.25) is 14.5 Å². The van der Waals surface area contributed by atoms with E-state index in [0.717, 1.165) is 22.5 Å². The number of aryl methyl sites for hydroxylation is 1. The highest BCUT2D eigenvalue weighted by Crippen LogP contribution is 2.48. The van der Waals surface area contributed by atoms with Gasteiger partial charge in [-0.15, -0.1) is 0 Å². The summed E-state index contributed by atoms with van der Waals surface area (Å²) in [5, 5.41) is 10.2. The molecule has 1 aliphatic heterocycles. The summed E-state index contributed by atoms with van der Waals surface area (Å²) in [7, 11) is 0. The lowest BCUT2D eigenvalue weighted by molar-refractivity contribution is -0.121. The fourth-order valence-corrected chi connectivity index (χ4v) is 4.68. The van der Waals surface area contributed by atoms with E-state index in [4.69, 9.17) is 11.6 Å². The Morgan fingerprint density at radius 1 is 1.07 bits per heavy atom. The molecule has 1 N–H and O–H groups in total. The van der Waals surface area contributed by atoms with Crippen LogP contribution in [0.5, 0.6) is 5.75 Å². The number of Topliss-reactive ketones (excluding diaryl/α,β-unsaturated/α-hetero) is 1. The first kappa shape index (κ1) is 19.7. The van der Waals surface area contributed by atoms with Crippen LogP contribution in [0.25, 0.3) is 0 Å². The molecule has 1 amide bonds. The van der Waals surface area contributed by atoms with E-state index in [-0.39, 0.29) is 35.2 Å². The summed E-state index contributed by atoms with van der Waals surface area (Å²) in [4.78, 5) is 28.3. The van der Waals surface area contributed by atoms with Gasteiger partial charge in [0.2, 0.25) is 5.91 Å². The van der Waals surface area contributed by atoms with Crippen LogP contribution in [0.15, 0.2) is 53.7 Å². The van der Waals surface area contributed by atoms with E-state index in [9.17, 15) is 14.7 Å². The first-order chi connectivity index (χ1) is 13.7. The summed E-state index contributed by atoms with van der Waals surface area (Å²) in [5.41, 5.74) is 3.83. The van der Waals surface area contributed by atoms with E-state index >= 15 is 0 Å². The van der Waals surface area contributed by atoms with Crippen molar-refractivity contribution in [2.24, 2.45) is 5.41 Å².